The van der Waals surface area contributed by atoms with Gasteiger partial charge in [-0.15, -0.1) is 11.3 Å². The van der Waals surface area contributed by atoms with Gasteiger partial charge in [0.25, 0.3) is 0 Å². The molecule has 1 saturated heterocycles. The second kappa shape index (κ2) is 7.55. The number of aromatic nitrogens is 4. The summed E-state index contributed by atoms with van der Waals surface area (Å²) in [4.78, 5) is 17.6. The first-order valence-corrected chi connectivity index (χ1v) is 9.92. The molecule has 3 heterocycles. The molecule has 1 aromatic carbocycles. The SMILES string of the molecule is Cc1nc(Cn2nc(C3CCNCC3)n(Cc3ccccc3)c2=O)cs1. The fraction of sp³-hybridized carbons (Fsp3) is 0.421. The van der Waals surface area contributed by atoms with E-state index in [9.17, 15) is 4.79 Å². The van der Waals surface area contributed by atoms with Gasteiger partial charge in [0, 0.05) is 11.3 Å². The number of nitrogens with one attached hydrogen (secondary N) is 1. The minimum absolute atomic E-state index is 0.0481. The Morgan fingerprint density at radius 1 is 1.19 bits per heavy atom. The number of piperidine rings is 1. The first kappa shape index (κ1) is 17.2. The fourth-order valence-electron chi connectivity index (χ4n) is 3.49. The molecule has 136 valence electrons. The lowest BCUT2D eigenvalue weighted by Gasteiger charge is -2.22. The van der Waals surface area contributed by atoms with Crippen LogP contribution in [0, 0.1) is 6.92 Å². The maximum absolute atomic E-state index is 13.1. The van der Waals surface area contributed by atoms with Crippen LogP contribution in [0.25, 0.3) is 0 Å². The zero-order chi connectivity index (χ0) is 17.9. The molecule has 1 fully saturated rings. The Morgan fingerprint density at radius 2 is 1.96 bits per heavy atom. The Hall–Kier alpha value is -2.25. The van der Waals surface area contributed by atoms with Gasteiger partial charge in [-0.25, -0.2) is 14.5 Å². The monoisotopic (exact) mass is 369 g/mol. The molecule has 1 aliphatic rings. The van der Waals surface area contributed by atoms with Crippen LogP contribution in [-0.4, -0.2) is 32.4 Å². The largest absolute Gasteiger partial charge is 0.346 e. The highest BCUT2D eigenvalue weighted by molar-refractivity contribution is 7.09. The number of aryl methyl sites for hydroxylation is 1. The molecule has 7 heteroatoms. The minimum Gasteiger partial charge on any atom is -0.317 e. The van der Waals surface area contributed by atoms with Gasteiger partial charge < -0.3 is 5.32 Å². The summed E-state index contributed by atoms with van der Waals surface area (Å²) in [5.41, 5.74) is 1.97. The van der Waals surface area contributed by atoms with Gasteiger partial charge in [0.1, 0.15) is 5.82 Å². The Labute approximate surface area is 156 Å². The van der Waals surface area contributed by atoms with Crippen molar-refractivity contribution in [1.29, 1.82) is 0 Å². The van der Waals surface area contributed by atoms with Crippen molar-refractivity contribution in [1.82, 2.24) is 24.6 Å². The van der Waals surface area contributed by atoms with Crippen LogP contribution in [0.4, 0.5) is 0 Å². The summed E-state index contributed by atoms with van der Waals surface area (Å²) >= 11 is 1.60. The van der Waals surface area contributed by atoms with Crippen molar-refractivity contribution < 1.29 is 0 Å². The van der Waals surface area contributed by atoms with Crippen LogP contribution in [0.15, 0.2) is 40.5 Å². The van der Waals surface area contributed by atoms with Gasteiger partial charge in [0.2, 0.25) is 0 Å². The highest BCUT2D eigenvalue weighted by atomic mass is 32.1. The van der Waals surface area contributed by atoms with E-state index in [4.69, 9.17) is 5.10 Å². The minimum atomic E-state index is -0.0481. The molecule has 1 aliphatic heterocycles. The average Bonchev–Trinajstić information content (AvgIpc) is 3.21. The molecule has 2 aromatic heterocycles. The Balaban J connectivity index is 1.70. The molecule has 1 N–H and O–H groups in total. The third kappa shape index (κ3) is 3.64. The molecule has 6 nitrogen and oxygen atoms in total. The van der Waals surface area contributed by atoms with Crippen molar-refractivity contribution in [2.24, 2.45) is 0 Å². The van der Waals surface area contributed by atoms with Gasteiger partial charge in [0.15, 0.2) is 0 Å². The smallest absolute Gasteiger partial charge is 0.317 e. The van der Waals surface area contributed by atoms with Gasteiger partial charge in [-0.2, -0.15) is 5.10 Å². The van der Waals surface area contributed by atoms with E-state index in [0.717, 1.165) is 48.0 Å². The second-order valence-electron chi connectivity index (χ2n) is 6.75. The maximum Gasteiger partial charge on any atom is 0.346 e. The van der Waals surface area contributed by atoms with E-state index in [1.807, 2.05) is 35.1 Å². The standard InChI is InChI=1S/C19H23N5OS/c1-14-21-17(13-26-14)12-24-19(25)23(11-15-5-3-2-4-6-15)18(22-24)16-7-9-20-10-8-16/h2-6,13,16,20H,7-12H2,1H3. The van der Waals surface area contributed by atoms with Crippen LogP contribution in [0.2, 0.25) is 0 Å². The van der Waals surface area contributed by atoms with Crippen LogP contribution in [-0.2, 0) is 13.1 Å². The normalized spacial score (nSPS) is 15.4. The summed E-state index contributed by atoms with van der Waals surface area (Å²) in [6, 6.07) is 10.1. The second-order valence-corrected chi connectivity index (χ2v) is 7.81. The predicted molar refractivity (Wildman–Crippen MR) is 103 cm³/mol. The Bertz CT molecular complexity index is 921. The van der Waals surface area contributed by atoms with Crippen LogP contribution in [0.1, 0.15) is 40.8 Å². The lowest BCUT2D eigenvalue weighted by Crippen LogP contribution is -2.30. The summed E-state index contributed by atoms with van der Waals surface area (Å²) in [5, 5.41) is 11.1. The Kier molecular flexibility index (Phi) is 4.99. The zero-order valence-electron chi connectivity index (χ0n) is 14.9. The van der Waals surface area contributed by atoms with Crippen LogP contribution < -0.4 is 11.0 Å². The molecule has 0 unspecified atom stereocenters. The van der Waals surface area contributed by atoms with E-state index in [-0.39, 0.29) is 5.69 Å². The van der Waals surface area contributed by atoms with Crippen molar-refractivity contribution in [3.63, 3.8) is 0 Å². The third-order valence-electron chi connectivity index (χ3n) is 4.82. The first-order chi connectivity index (χ1) is 12.7. The molecular weight excluding hydrogens is 346 g/mol. The molecule has 4 rings (SSSR count). The quantitative estimate of drug-likeness (QED) is 0.750. The van der Waals surface area contributed by atoms with Crippen molar-refractivity contribution in [3.8, 4) is 0 Å². The van der Waals surface area contributed by atoms with E-state index in [1.165, 1.54) is 0 Å². The van der Waals surface area contributed by atoms with Crippen LogP contribution >= 0.6 is 11.3 Å². The number of hydrogen-bond acceptors (Lipinski definition) is 5. The summed E-state index contributed by atoms with van der Waals surface area (Å²) < 4.78 is 3.43. The highest BCUT2D eigenvalue weighted by Gasteiger charge is 2.24. The first-order valence-electron chi connectivity index (χ1n) is 9.04. The summed E-state index contributed by atoms with van der Waals surface area (Å²) in [6.45, 7) is 4.92. The molecule has 0 bridgehead atoms. The van der Waals surface area contributed by atoms with Gasteiger partial charge >= 0.3 is 5.69 Å². The lowest BCUT2D eigenvalue weighted by atomic mass is 9.97. The number of hydrogen-bond donors (Lipinski definition) is 1. The zero-order valence-corrected chi connectivity index (χ0v) is 15.7. The van der Waals surface area contributed by atoms with E-state index in [2.05, 4.69) is 22.4 Å². The van der Waals surface area contributed by atoms with Crippen molar-refractivity contribution in [2.45, 2.75) is 38.8 Å². The summed E-state index contributed by atoms with van der Waals surface area (Å²) in [7, 11) is 0. The number of nitrogens with zero attached hydrogens (tertiary/aromatic N) is 4. The van der Waals surface area contributed by atoms with Gasteiger partial charge in [0.05, 0.1) is 23.8 Å². The number of thiazole rings is 1. The van der Waals surface area contributed by atoms with Gasteiger partial charge in [-0.3, -0.25) is 4.57 Å². The molecule has 26 heavy (non-hydrogen) atoms. The molecule has 0 atom stereocenters. The molecule has 0 amide bonds. The van der Waals surface area contributed by atoms with Crippen molar-refractivity contribution in [3.05, 3.63) is 68.3 Å². The molecule has 0 spiro atoms. The van der Waals surface area contributed by atoms with Gasteiger partial charge in [-0.05, 0) is 38.4 Å². The molecule has 0 radical (unpaired) electrons. The van der Waals surface area contributed by atoms with Crippen LogP contribution in [0.5, 0.6) is 0 Å². The van der Waals surface area contributed by atoms with E-state index in [1.54, 1.807) is 16.0 Å². The number of rotatable bonds is 5. The van der Waals surface area contributed by atoms with E-state index in [0.29, 0.717) is 19.0 Å². The molecule has 3 aromatic rings. The molecular formula is C19H23N5OS. The number of benzene rings is 1. The predicted octanol–water partition coefficient (Wildman–Crippen LogP) is 2.37. The molecule has 0 aliphatic carbocycles. The Morgan fingerprint density at radius 3 is 2.65 bits per heavy atom. The van der Waals surface area contributed by atoms with E-state index >= 15 is 0 Å². The topological polar surface area (TPSA) is 64.7 Å². The maximum atomic E-state index is 13.1. The van der Waals surface area contributed by atoms with Gasteiger partial charge in [-0.1, -0.05) is 30.3 Å². The average molecular weight is 369 g/mol. The fourth-order valence-corrected chi connectivity index (χ4v) is 4.10. The lowest BCUT2D eigenvalue weighted by molar-refractivity contribution is 0.430. The molecule has 0 saturated carbocycles. The summed E-state index contributed by atoms with van der Waals surface area (Å²) in [6.07, 6.45) is 2.03. The van der Waals surface area contributed by atoms with Crippen molar-refractivity contribution in [2.75, 3.05) is 13.1 Å². The van der Waals surface area contributed by atoms with E-state index < -0.39 is 0 Å². The van der Waals surface area contributed by atoms with Crippen molar-refractivity contribution >= 4 is 11.3 Å². The van der Waals surface area contributed by atoms with Crippen LogP contribution in [0.3, 0.4) is 0 Å². The highest BCUT2D eigenvalue weighted by Crippen LogP contribution is 2.23. The summed E-state index contributed by atoms with van der Waals surface area (Å²) in [5.74, 6) is 1.23. The third-order valence-corrected chi connectivity index (χ3v) is 5.64.